The molecule has 0 unspecified atom stereocenters. The monoisotopic (exact) mass is 382 g/mol. The molecule has 1 aliphatic carbocycles. The number of aliphatic hydroxyl groups is 1. The Bertz CT molecular complexity index is 774. The molecule has 1 aromatic heterocycles. The van der Waals surface area contributed by atoms with E-state index in [0.29, 0.717) is 24.4 Å². The maximum atomic E-state index is 13.0. The van der Waals surface area contributed by atoms with Crippen LogP contribution in [0.25, 0.3) is 0 Å². The zero-order valence-electron chi connectivity index (χ0n) is 14.1. The summed E-state index contributed by atoms with van der Waals surface area (Å²) in [5.74, 6) is -0.249. The minimum Gasteiger partial charge on any atom is -0.484 e. The highest BCUT2D eigenvalue weighted by atomic mass is 35.5. The number of nitrogens with zero attached hydrogens (tertiary/aromatic N) is 1. The largest absolute Gasteiger partial charge is 0.484 e. The van der Waals surface area contributed by atoms with Crippen molar-refractivity contribution in [3.05, 3.63) is 46.6 Å². The SMILES string of the molecule is O=C(NCC1(O)CCCCC1)c1cc(COc2ccc(F)cc2Cl)on1. The van der Waals surface area contributed by atoms with E-state index in [1.54, 1.807) is 0 Å². The first-order chi connectivity index (χ1) is 12.5. The summed E-state index contributed by atoms with van der Waals surface area (Å²) in [6, 6.07) is 5.24. The molecule has 0 aliphatic heterocycles. The number of benzene rings is 1. The highest BCUT2D eigenvalue weighted by molar-refractivity contribution is 6.32. The quantitative estimate of drug-likeness (QED) is 0.799. The fraction of sp³-hybridized carbons (Fsp3) is 0.444. The van der Waals surface area contributed by atoms with Crippen molar-refractivity contribution in [3.63, 3.8) is 0 Å². The Hall–Kier alpha value is -2.12. The summed E-state index contributed by atoms with van der Waals surface area (Å²) in [6.45, 7) is 0.186. The second-order valence-electron chi connectivity index (χ2n) is 6.51. The van der Waals surface area contributed by atoms with Gasteiger partial charge in [-0.3, -0.25) is 4.79 Å². The molecule has 0 radical (unpaired) electrons. The molecule has 2 aromatic rings. The molecule has 1 aromatic carbocycles. The zero-order valence-corrected chi connectivity index (χ0v) is 14.9. The molecule has 26 heavy (non-hydrogen) atoms. The Labute approximate surface area is 155 Å². The van der Waals surface area contributed by atoms with Gasteiger partial charge >= 0.3 is 0 Å². The summed E-state index contributed by atoms with van der Waals surface area (Å²) in [6.07, 6.45) is 4.40. The first-order valence-electron chi connectivity index (χ1n) is 8.49. The summed E-state index contributed by atoms with van der Waals surface area (Å²) in [5, 5.41) is 17.0. The van der Waals surface area contributed by atoms with Crippen LogP contribution in [0.3, 0.4) is 0 Å². The van der Waals surface area contributed by atoms with Crippen molar-refractivity contribution in [3.8, 4) is 5.75 Å². The van der Waals surface area contributed by atoms with E-state index in [1.807, 2.05) is 0 Å². The summed E-state index contributed by atoms with van der Waals surface area (Å²) < 4.78 is 23.5. The molecule has 1 saturated carbocycles. The first-order valence-corrected chi connectivity index (χ1v) is 8.87. The molecule has 1 fully saturated rings. The lowest BCUT2D eigenvalue weighted by Crippen LogP contribution is -2.44. The van der Waals surface area contributed by atoms with Crippen LogP contribution in [0.4, 0.5) is 4.39 Å². The molecule has 1 amide bonds. The lowest BCUT2D eigenvalue weighted by Gasteiger charge is -2.31. The molecule has 1 aliphatic rings. The van der Waals surface area contributed by atoms with Crippen molar-refractivity contribution in [2.45, 2.75) is 44.3 Å². The lowest BCUT2D eigenvalue weighted by atomic mass is 9.85. The Morgan fingerprint density at radius 1 is 1.35 bits per heavy atom. The number of carbonyl (C=O) groups is 1. The number of hydrogen-bond acceptors (Lipinski definition) is 5. The number of carbonyl (C=O) groups excluding carboxylic acids is 1. The van der Waals surface area contributed by atoms with Crippen LogP contribution >= 0.6 is 11.6 Å². The number of halogens is 2. The van der Waals surface area contributed by atoms with Gasteiger partial charge in [-0.1, -0.05) is 36.0 Å². The highest BCUT2D eigenvalue weighted by Crippen LogP contribution is 2.27. The Kier molecular flexibility index (Phi) is 5.78. The molecular formula is C18H20ClFN2O4. The molecule has 3 rings (SSSR count). The van der Waals surface area contributed by atoms with Gasteiger partial charge in [-0.2, -0.15) is 0 Å². The number of nitrogens with one attached hydrogen (secondary N) is 1. The molecule has 2 N–H and O–H groups in total. The topological polar surface area (TPSA) is 84.6 Å². The van der Waals surface area contributed by atoms with Crippen molar-refractivity contribution < 1.29 is 23.6 Å². The standard InChI is InChI=1S/C18H20ClFN2O4/c19-14-8-12(20)4-5-16(14)25-10-13-9-15(22-26-13)17(23)21-11-18(24)6-2-1-3-7-18/h4-5,8-9,24H,1-3,6-7,10-11H2,(H,21,23). The fourth-order valence-electron chi connectivity index (χ4n) is 2.95. The Morgan fingerprint density at radius 3 is 2.85 bits per heavy atom. The first kappa shape index (κ1) is 18.7. The van der Waals surface area contributed by atoms with Gasteiger partial charge in [-0.05, 0) is 31.0 Å². The minimum absolute atomic E-state index is 0.00439. The maximum absolute atomic E-state index is 13.0. The van der Waals surface area contributed by atoms with Gasteiger partial charge in [-0.15, -0.1) is 0 Å². The van der Waals surface area contributed by atoms with Crippen LogP contribution in [0.5, 0.6) is 5.75 Å². The highest BCUT2D eigenvalue weighted by Gasteiger charge is 2.30. The molecule has 0 spiro atoms. The van der Waals surface area contributed by atoms with E-state index >= 15 is 0 Å². The van der Waals surface area contributed by atoms with Crippen LogP contribution in [0, 0.1) is 5.82 Å². The Morgan fingerprint density at radius 2 is 2.12 bits per heavy atom. The van der Waals surface area contributed by atoms with Crippen molar-refractivity contribution in [1.29, 1.82) is 0 Å². The van der Waals surface area contributed by atoms with Gasteiger partial charge in [0, 0.05) is 12.6 Å². The normalized spacial score (nSPS) is 16.3. The number of aromatic nitrogens is 1. The number of hydrogen-bond donors (Lipinski definition) is 2. The average molecular weight is 383 g/mol. The number of ether oxygens (including phenoxy) is 1. The van der Waals surface area contributed by atoms with Crippen molar-refractivity contribution in [2.75, 3.05) is 6.54 Å². The number of amides is 1. The third-order valence-electron chi connectivity index (χ3n) is 4.42. The van der Waals surface area contributed by atoms with Crippen molar-refractivity contribution >= 4 is 17.5 Å². The molecule has 8 heteroatoms. The van der Waals surface area contributed by atoms with Gasteiger partial charge in [0.2, 0.25) is 0 Å². The smallest absolute Gasteiger partial charge is 0.273 e. The molecule has 6 nitrogen and oxygen atoms in total. The van der Waals surface area contributed by atoms with Crippen LogP contribution in [0.1, 0.15) is 48.4 Å². The molecule has 1 heterocycles. The van der Waals surface area contributed by atoms with Gasteiger partial charge in [0.05, 0.1) is 10.6 Å². The van der Waals surface area contributed by atoms with E-state index in [1.165, 1.54) is 18.2 Å². The fourth-order valence-corrected chi connectivity index (χ4v) is 3.17. The van der Waals surface area contributed by atoms with Crippen molar-refractivity contribution in [2.24, 2.45) is 0 Å². The van der Waals surface area contributed by atoms with Gasteiger partial charge < -0.3 is 19.7 Å². The van der Waals surface area contributed by atoms with Gasteiger partial charge in [0.1, 0.15) is 18.2 Å². The molecule has 140 valence electrons. The van der Waals surface area contributed by atoms with E-state index in [-0.39, 0.29) is 23.9 Å². The van der Waals surface area contributed by atoms with Gasteiger partial charge in [0.25, 0.3) is 5.91 Å². The van der Waals surface area contributed by atoms with E-state index in [2.05, 4.69) is 10.5 Å². The summed E-state index contributed by atoms with van der Waals surface area (Å²) in [4.78, 5) is 12.2. The van der Waals surface area contributed by atoms with Crippen LogP contribution in [0.15, 0.2) is 28.8 Å². The van der Waals surface area contributed by atoms with Gasteiger partial charge in [0.15, 0.2) is 11.5 Å². The van der Waals surface area contributed by atoms with E-state index < -0.39 is 17.3 Å². The second kappa shape index (κ2) is 8.05. The predicted octanol–water partition coefficient (Wildman–Crippen LogP) is 3.47. The number of rotatable bonds is 6. The zero-order chi connectivity index (χ0) is 18.6. The van der Waals surface area contributed by atoms with Crippen LogP contribution in [-0.2, 0) is 6.61 Å². The second-order valence-corrected chi connectivity index (χ2v) is 6.92. The molecule has 0 bridgehead atoms. The summed E-state index contributed by atoms with van der Waals surface area (Å²) >= 11 is 5.88. The molecule has 0 saturated heterocycles. The predicted molar refractivity (Wildman–Crippen MR) is 92.6 cm³/mol. The average Bonchev–Trinajstić information content (AvgIpc) is 3.09. The van der Waals surface area contributed by atoms with Crippen LogP contribution < -0.4 is 10.1 Å². The van der Waals surface area contributed by atoms with Gasteiger partial charge in [-0.25, -0.2) is 4.39 Å². The molecule has 0 atom stereocenters. The van der Waals surface area contributed by atoms with Crippen LogP contribution in [0.2, 0.25) is 5.02 Å². The van der Waals surface area contributed by atoms with E-state index in [4.69, 9.17) is 20.9 Å². The summed E-state index contributed by atoms with van der Waals surface area (Å²) in [7, 11) is 0. The Balaban J connectivity index is 1.52. The maximum Gasteiger partial charge on any atom is 0.273 e. The molecular weight excluding hydrogens is 363 g/mol. The van der Waals surface area contributed by atoms with Crippen molar-refractivity contribution in [1.82, 2.24) is 10.5 Å². The third kappa shape index (κ3) is 4.74. The third-order valence-corrected chi connectivity index (χ3v) is 4.71. The minimum atomic E-state index is -0.844. The van der Waals surface area contributed by atoms with E-state index in [9.17, 15) is 14.3 Å². The van der Waals surface area contributed by atoms with E-state index in [0.717, 1.165) is 25.3 Å². The summed E-state index contributed by atoms with van der Waals surface area (Å²) in [5.41, 5.74) is -0.739. The lowest BCUT2D eigenvalue weighted by molar-refractivity contribution is 0.00517. The van der Waals surface area contributed by atoms with Crippen LogP contribution in [-0.4, -0.2) is 28.3 Å².